The van der Waals surface area contributed by atoms with Crippen LogP contribution >= 0.6 is 0 Å². The third-order valence-corrected chi connectivity index (χ3v) is 3.25. The molecule has 2 unspecified atom stereocenters. The minimum Gasteiger partial charge on any atom is -0.378 e. The lowest BCUT2D eigenvalue weighted by molar-refractivity contribution is 0.105. The second-order valence-corrected chi connectivity index (χ2v) is 4.56. The van der Waals surface area contributed by atoms with Crippen LogP contribution in [0.25, 0.3) is 0 Å². The van der Waals surface area contributed by atoms with Gasteiger partial charge in [0.2, 0.25) is 0 Å². The van der Waals surface area contributed by atoms with Crippen LogP contribution in [0.1, 0.15) is 26.2 Å². The quantitative estimate of drug-likeness (QED) is 0.618. The first-order valence-electron chi connectivity index (χ1n) is 5.92. The molecule has 1 aliphatic carbocycles. The number of hydrogen-bond donors (Lipinski definition) is 2. The molecule has 2 N–H and O–H groups in total. The highest BCUT2D eigenvalue weighted by molar-refractivity contribution is 4.81. The number of hydrogen-bond acceptors (Lipinski definition) is 3. The Morgan fingerprint density at radius 1 is 1.21 bits per heavy atom. The van der Waals surface area contributed by atoms with Crippen LogP contribution in [-0.2, 0) is 4.74 Å². The van der Waals surface area contributed by atoms with Crippen molar-refractivity contribution in [2.75, 3.05) is 26.2 Å². The smallest absolute Gasteiger partial charge is 0.0588 e. The molecule has 3 nitrogen and oxygen atoms in total. The van der Waals surface area contributed by atoms with Crippen molar-refractivity contribution in [3.8, 4) is 0 Å². The number of nitrogens with one attached hydrogen (secondary N) is 2. The molecular formula is C11H22N2O. The van der Waals surface area contributed by atoms with E-state index in [0.29, 0.717) is 6.10 Å². The van der Waals surface area contributed by atoms with Gasteiger partial charge in [-0.25, -0.2) is 0 Å². The van der Waals surface area contributed by atoms with E-state index in [2.05, 4.69) is 17.6 Å². The molecule has 0 amide bonds. The Labute approximate surface area is 86.6 Å². The van der Waals surface area contributed by atoms with Crippen molar-refractivity contribution in [1.82, 2.24) is 10.6 Å². The second kappa shape index (κ2) is 5.10. The lowest BCUT2D eigenvalue weighted by atomic mass is 10.0. The van der Waals surface area contributed by atoms with Gasteiger partial charge in [0.1, 0.15) is 0 Å². The molecule has 14 heavy (non-hydrogen) atoms. The molecule has 1 heterocycles. The number of ether oxygens (including phenoxy) is 1. The van der Waals surface area contributed by atoms with Gasteiger partial charge in [-0.15, -0.1) is 0 Å². The van der Waals surface area contributed by atoms with Crippen LogP contribution < -0.4 is 10.6 Å². The van der Waals surface area contributed by atoms with E-state index in [1.807, 2.05) is 0 Å². The van der Waals surface area contributed by atoms with Gasteiger partial charge in [0.15, 0.2) is 0 Å². The highest BCUT2D eigenvalue weighted by Crippen LogP contribution is 2.19. The van der Waals surface area contributed by atoms with Crippen LogP contribution in [0, 0.1) is 5.92 Å². The standard InChI is InChI=1S/C11H22N2O/c1-9-10(4-7-14-9)8-12-5-6-13-11-2-3-11/h9-13H,2-8H2,1H3. The lowest BCUT2D eigenvalue weighted by Crippen LogP contribution is -2.33. The molecule has 2 atom stereocenters. The van der Waals surface area contributed by atoms with E-state index in [9.17, 15) is 0 Å². The molecule has 2 rings (SSSR count). The molecule has 1 saturated heterocycles. The highest BCUT2D eigenvalue weighted by Gasteiger charge is 2.23. The zero-order valence-corrected chi connectivity index (χ0v) is 9.09. The maximum Gasteiger partial charge on any atom is 0.0588 e. The van der Waals surface area contributed by atoms with E-state index in [1.54, 1.807) is 0 Å². The van der Waals surface area contributed by atoms with Gasteiger partial charge in [-0.1, -0.05) is 0 Å². The van der Waals surface area contributed by atoms with E-state index >= 15 is 0 Å². The van der Waals surface area contributed by atoms with E-state index in [4.69, 9.17) is 4.74 Å². The van der Waals surface area contributed by atoms with Crippen molar-refractivity contribution in [2.45, 2.75) is 38.3 Å². The maximum absolute atomic E-state index is 5.52. The van der Waals surface area contributed by atoms with Gasteiger partial charge in [-0.2, -0.15) is 0 Å². The summed E-state index contributed by atoms with van der Waals surface area (Å²) in [5.41, 5.74) is 0. The molecule has 3 heteroatoms. The Hall–Kier alpha value is -0.120. The Kier molecular flexibility index (Phi) is 3.79. The molecule has 1 aliphatic heterocycles. The fourth-order valence-electron chi connectivity index (χ4n) is 1.98. The highest BCUT2D eigenvalue weighted by atomic mass is 16.5. The zero-order valence-electron chi connectivity index (χ0n) is 9.09. The third-order valence-electron chi connectivity index (χ3n) is 3.25. The van der Waals surface area contributed by atoms with Crippen LogP contribution in [0.15, 0.2) is 0 Å². The topological polar surface area (TPSA) is 33.3 Å². The van der Waals surface area contributed by atoms with Crippen LogP contribution in [0.2, 0.25) is 0 Å². The van der Waals surface area contributed by atoms with Gasteiger partial charge in [-0.3, -0.25) is 0 Å². The number of rotatable bonds is 6. The van der Waals surface area contributed by atoms with Crippen molar-refractivity contribution in [1.29, 1.82) is 0 Å². The minimum absolute atomic E-state index is 0.457. The predicted molar refractivity (Wildman–Crippen MR) is 57.4 cm³/mol. The SMILES string of the molecule is CC1OCCC1CNCCNC1CC1. The largest absolute Gasteiger partial charge is 0.378 e. The summed E-state index contributed by atoms with van der Waals surface area (Å²) in [6, 6.07) is 0.838. The summed E-state index contributed by atoms with van der Waals surface area (Å²) in [4.78, 5) is 0. The minimum atomic E-state index is 0.457. The first-order chi connectivity index (χ1) is 6.86. The molecule has 82 valence electrons. The third kappa shape index (κ3) is 3.23. The summed E-state index contributed by atoms with van der Waals surface area (Å²) >= 11 is 0. The molecule has 0 bridgehead atoms. The first kappa shape index (κ1) is 10.4. The van der Waals surface area contributed by atoms with Crippen molar-refractivity contribution >= 4 is 0 Å². The van der Waals surface area contributed by atoms with Crippen molar-refractivity contribution in [3.05, 3.63) is 0 Å². The van der Waals surface area contributed by atoms with Crippen LogP contribution in [-0.4, -0.2) is 38.4 Å². The average molecular weight is 198 g/mol. The molecule has 0 aromatic rings. The van der Waals surface area contributed by atoms with Crippen molar-refractivity contribution < 1.29 is 4.74 Å². The van der Waals surface area contributed by atoms with Crippen molar-refractivity contribution in [2.24, 2.45) is 5.92 Å². The zero-order chi connectivity index (χ0) is 9.80. The molecule has 0 spiro atoms. The van der Waals surface area contributed by atoms with Crippen LogP contribution in [0.5, 0.6) is 0 Å². The Morgan fingerprint density at radius 2 is 2.07 bits per heavy atom. The van der Waals surface area contributed by atoms with E-state index in [-0.39, 0.29) is 0 Å². The summed E-state index contributed by atoms with van der Waals surface area (Å²) in [5.74, 6) is 0.732. The normalized spacial score (nSPS) is 32.4. The molecule has 2 aliphatic rings. The summed E-state index contributed by atoms with van der Waals surface area (Å²) in [6.45, 7) is 6.47. The summed E-state index contributed by atoms with van der Waals surface area (Å²) in [7, 11) is 0. The Balaban J connectivity index is 1.45. The van der Waals surface area contributed by atoms with Gasteiger partial charge in [0, 0.05) is 32.3 Å². The molecule has 0 aromatic heterocycles. The second-order valence-electron chi connectivity index (χ2n) is 4.56. The molecule has 0 aromatic carbocycles. The van der Waals surface area contributed by atoms with E-state index < -0.39 is 0 Å². The maximum atomic E-state index is 5.52. The fourth-order valence-corrected chi connectivity index (χ4v) is 1.98. The Bertz CT molecular complexity index is 171. The molecule has 1 saturated carbocycles. The summed E-state index contributed by atoms with van der Waals surface area (Å²) in [6.07, 6.45) is 4.45. The van der Waals surface area contributed by atoms with E-state index in [1.165, 1.54) is 19.3 Å². The van der Waals surface area contributed by atoms with Crippen LogP contribution in [0.4, 0.5) is 0 Å². The first-order valence-corrected chi connectivity index (χ1v) is 5.92. The monoisotopic (exact) mass is 198 g/mol. The summed E-state index contributed by atoms with van der Waals surface area (Å²) in [5, 5.41) is 7.00. The van der Waals surface area contributed by atoms with Gasteiger partial charge in [0.05, 0.1) is 6.10 Å². The van der Waals surface area contributed by atoms with Crippen LogP contribution in [0.3, 0.4) is 0 Å². The summed E-state index contributed by atoms with van der Waals surface area (Å²) < 4.78 is 5.52. The lowest BCUT2D eigenvalue weighted by Gasteiger charge is -2.14. The fraction of sp³-hybridized carbons (Fsp3) is 1.00. The average Bonchev–Trinajstić information content (AvgIpc) is 2.91. The molecule has 0 radical (unpaired) electrons. The molecule has 2 fully saturated rings. The van der Waals surface area contributed by atoms with Crippen molar-refractivity contribution in [3.63, 3.8) is 0 Å². The van der Waals surface area contributed by atoms with Gasteiger partial charge >= 0.3 is 0 Å². The van der Waals surface area contributed by atoms with Gasteiger partial charge in [0.25, 0.3) is 0 Å². The Morgan fingerprint density at radius 3 is 2.71 bits per heavy atom. The van der Waals surface area contributed by atoms with Gasteiger partial charge < -0.3 is 15.4 Å². The molecular weight excluding hydrogens is 176 g/mol. The predicted octanol–water partition coefficient (Wildman–Crippen LogP) is 0.753. The van der Waals surface area contributed by atoms with Gasteiger partial charge in [-0.05, 0) is 32.1 Å². The van der Waals surface area contributed by atoms with E-state index in [0.717, 1.165) is 38.2 Å².